The molecule has 1 aliphatic carbocycles. The molecule has 0 spiro atoms. The van der Waals surface area contributed by atoms with Crippen molar-refractivity contribution in [2.45, 2.75) is 51.5 Å². The predicted octanol–water partition coefficient (Wildman–Crippen LogP) is 3.97. The lowest BCUT2D eigenvalue weighted by atomic mass is 9.80. The molecule has 5 rings (SSSR count). The van der Waals surface area contributed by atoms with Crippen LogP contribution in [0, 0.1) is 13.8 Å². The van der Waals surface area contributed by atoms with Gasteiger partial charge >= 0.3 is 0 Å². The Bertz CT molecular complexity index is 1380. The third-order valence-electron chi connectivity index (χ3n) is 6.35. The Labute approximate surface area is 190 Å². The molecule has 2 aromatic heterocycles. The Balaban J connectivity index is 1.44. The van der Waals surface area contributed by atoms with Gasteiger partial charge in [0.2, 0.25) is 5.89 Å². The second-order valence-electron chi connectivity index (χ2n) is 8.60. The van der Waals surface area contributed by atoms with Gasteiger partial charge < -0.3 is 9.84 Å². The van der Waals surface area contributed by atoms with E-state index in [2.05, 4.69) is 20.4 Å². The third kappa shape index (κ3) is 3.82. The van der Waals surface area contributed by atoms with Crippen LogP contribution in [0.25, 0.3) is 16.6 Å². The molecule has 168 valence electrons. The van der Waals surface area contributed by atoms with Crippen LogP contribution in [0.15, 0.2) is 57.8 Å². The lowest BCUT2D eigenvalue weighted by molar-refractivity contribution is 0.0855. The first-order valence-corrected chi connectivity index (χ1v) is 11.2. The monoisotopic (exact) mass is 443 g/mol. The zero-order valence-electron chi connectivity index (χ0n) is 18.7. The van der Waals surface area contributed by atoms with E-state index < -0.39 is 5.54 Å². The molecule has 0 radical (unpaired) electrons. The van der Waals surface area contributed by atoms with Gasteiger partial charge in [-0.25, -0.2) is 4.98 Å². The summed E-state index contributed by atoms with van der Waals surface area (Å²) in [5.74, 6) is 1.41. The highest BCUT2D eigenvalue weighted by molar-refractivity contribution is 5.95. The second kappa shape index (κ2) is 8.27. The van der Waals surface area contributed by atoms with Gasteiger partial charge in [0.05, 0.1) is 16.6 Å². The smallest absolute Gasteiger partial charge is 0.265 e. The van der Waals surface area contributed by atoms with Gasteiger partial charge in [-0.05, 0) is 56.2 Å². The SMILES string of the molecule is Cc1nc(C2(NC(=O)c3ccc(-n4c(C)nc5ccccc5c4=O)cc3)CCCCC2)no1. The van der Waals surface area contributed by atoms with E-state index in [0.29, 0.717) is 39.7 Å². The molecular formula is C25H25N5O3. The number of carbonyl (C=O) groups is 1. The summed E-state index contributed by atoms with van der Waals surface area (Å²) in [6.07, 6.45) is 4.64. The van der Waals surface area contributed by atoms with Crippen LogP contribution in [0.5, 0.6) is 0 Å². The summed E-state index contributed by atoms with van der Waals surface area (Å²) < 4.78 is 6.76. The summed E-state index contributed by atoms with van der Waals surface area (Å²) in [5, 5.41) is 7.85. The number of carbonyl (C=O) groups excluding carboxylic acids is 1. The van der Waals surface area contributed by atoms with Gasteiger partial charge in [-0.15, -0.1) is 0 Å². The molecule has 8 nitrogen and oxygen atoms in total. The number of amides is 1. The van der Waals surface area contributed by atoms with E-state index in [-0.39, 0.29) is 11.5 Å². The highest BCUT2D eigenvalue weighted by Crippen LogP contribution is 2.36. The lowest BCUT2D eigenvalue weighted by Crippen LogP contribution is -2.48. The number of fused-ring (bicyclic) bond motifs is 1. The number of nitrogens with zero attached hydrogens (tertiary/aromatic N) is 4. The van der Waals surface area contributed by atoms with Gasteiger partial charge in [-0.3, -0.25) is 14.2 Å². The first-order valence-electron chi connectivity index (χ1n) is 11.2. The van der Waals surface area contributed by atoms with Gasteiger partial charge in [-0.1, -0.05) is 36.6 Å². The van der Waals surface area contributed by atoms with Crippen LogP contribution >= 0.6 is 0 Å². The number of aryl methyl sites for hydroxylation is 2. The molecule has 1 N–H and O–H groups in total. The molecule has 2 aromatic carbocycles. The Hall–Kier alpha value is -3.81. The quantitative estimate of drug-likeness (QED) is 0.512. The van der Waals surface area contributed by atoms with Gasteiger partial charge in [0.25, 0.3) is 11.5 Å². The molecule has 33 heavy (non-hydrogen) atoms. The number of hydrogen-bond acceptors (Lipinski definition) is 6. The van der Waals surface area contributed by atoms with Gasteiger partial charge in [0.1, 0.15) is 11.4 Å². The van der Waals surface area contributed by atoms with Crippen molar-refractivity contribution in [3.8, 4) is 5.69 Å². The maximum atomic E-state index is 13.2. The van der Waals surface area contributed by atoms with Crippen LogP contribution < -0.4 is 10.9 Å². The molecule has 0 bridgehead atoms. The van der Waals surface area contributed by atoms with Gasteiger partial charge in [0, 0.05) is 12.5 Å². The van der Waals surface area contributed by atoms with Crippen molar-refractivity contribution in [3.63, 3.8) is 0 Å². The molecule has 8 heteroatoms. The molecule has 1 fully saturated rings. The predicted molar refractivity (Wildman–Crippen MR) is 123 cm³/mol. The molecule has 0 atom stereocenters. The Morgan fingerprint density at radius 1 is 1.00 bits per heavy atom. The fourth-order valence-electron chi connectivity index (χ4n) is 4.65. The third-order valence-corrected chi connectivity index (χ3v) is 6.35. The maximum Gasteiger partial charge on any atom is 0.265 e. The van der Waals surface area contributed by atoms with Crippen LogP contribution in [-0.4, -0.2) is 25.6 Å². The molecular weight excluding hydrogens is 418 g/mol. The first-order chi connectivity index (χ1) is 16.0. The van der Waals surface area contributed by atoms with Crippen molar-refractivity contribution >= 4 is 16.8 Å². The number of aromatic nitrogens is 4. The van der Waals surface area contributed by atoms with E-state index >= 15 is 0 Å². The minimum atomic E-state index is -0.623. The fourth-order valence-corrected chi connectivity index (χ4v) is 4.65. The molecule has 0 unspecified atom stereocenters. The van der Waals surface area contributed by atoms with E-state index in [1.54, 1.807) is 48.7 Å². The van der Waals surface area contributed by atoms with Gasteiger partial charge in [-0.2, -0.15) is 4.98 Å². The van der Waals surface area contributed by atoms with E-state index in [1.165, 1.54) is 0 Å². The molecule has 4 aromatic rings. The van der Waals surface area contributed by atoms with Crippen LogP contribution in [0.4, 0.5) is 0 Å². The van der Waals surface area contributed by atoms with E-state index in [1.807, 2.05) is 18.2 Å². The normalized spacial score (nSPS) is 15.5. The molecule has 1 aliphatic rings. The minimum absolute atomic E-state index is 0.135. The van der Waals surface area contributed by atoms with Crippen LogP contribution in [0.2, 0.25) is 0 Å². The van der Waals surface area contributed by atoms with Crippen molar-refractivity contribution in [2.75, 3.05) is 0 Å². The highest BCUT2D eigenvalue weighted by atomic mass is 16.5. The molecule has 1 amide bonds. The van der Waals surface area contributed by atoms with Crippen molar-refractivity contribution in [1.29, 1.82) is 0 Å². The molecule has 2 heterocycles. The summed E-state index contributed by atoms with van der Waals surface area (Å²) in [5.41, 5.74) is 1.07. The summed E-state index contributed by atoms with van der Waals surface area (Å²) in [6, 6.07) is 14.3. The minimum Gasteiger partial charge on any atom is -0.340 e. The van der Waals surface area contributed by atoms with Crippen molar-refractivity contribution in [1.82, 2.24) is 25.0 Å². The summed E-state index contributed by atoms with van der Waals surface area (Å²) in [7, 11) is 0. The van der Waals surface area contributed by atoms with Crippen LogP contribution in [0.1, 0.15) is 60.0 Å². The Morgan fingerprint density at radius 3 is 2.42 bits per heavy atom. The standard InChI is InChI=1S/C25H25N5O3/c1-16-26-21-9-5-4-8-20(21)23(32)30(16)19-12-10-18(11-13-19)22(31)28-25(14-6-3-7-15-25)24-27-17(2)33-29-24/h4-5,8-13H,3,6-7,14-15H2,1-2H3,(H,28,31). The van der Waals surface area contributed by atoms with Crippen molar-refractivity contribution in [3.05, 3.63) is 82.0 Å². The number of hydrogen-bond donors (Lipinski definition) is 1. The fraction of sp³-hybridized carbons (Fsp3) is 0.320. The van der Waals surface area contributed by atoms with E-state index in [9.17, 15) is 9.59 Å². The highest BCUT2D eigenvalue weighted by Gasteiger charge is 2.39. The van der Waals surface area contributed by atoms with Crippen molar-refractivity contribution < 1.29 is 9.32 Å². The Kier molecular flexibility index (Phi) is 5.28. The van der Waals surface area contributed by atoms with E-state index in [0.717, 1.165) is 32.1 Å². The van der Waals surface area contributed by atoms with Gasteiger partial charge in [0.15, 0.2) is 5.82 Å². The lowest BCUT2D eigenvalue weighted by Gasteiger charge is -2.35. The number of benzene rings is 2. The molecule has 0 aliphatic heterocycles. The summed E-state index contributed by atoms with van der Waals surface area (Å²) in [6.45, 7) is 3.55. The zero-order valence-corrected chi connectivity index (χ0v) is 18.7. The maximum absolute atomic E-state index is 13.2. The summed E-state index contributed by atoms with van der Waals surface area (Å²) >= 11 is 0. The first kappa shape index (κ1) is 21.1. The number of rotatable bonds is 4. The van der Waals surface area contributed by atoms with Crippen molar-refractivity contribution in [2.24, 2.45) is 0 Å². The average Bonchev–Trinajstić information content (AvgIpc) is 3.27. The zero-order chi connectivity index (χ0) is 23.0. The molecule has 0 saturated heterocycles. The summed E-state index contributed by atoms with van der Waals surface area (Å²) in [4.78, 5) is 35.2. The van der Waals surface area contributed by atoms with Crippen LogP contribution in [-0.2, 0) is 5.54 Å². The number of para-hydroxylation sites is 1. The van der Waals surface area contributed by atoms with E-state index in [4.69, 9.17) is 4.52 Å². The molecule has 1 saturated carbocycles. The largest absolute Gasteiger partial charge is 0.340 e. The Morgan fingerprint density at radius 2 is 1.73 bits per heavy atom. The average molecular weight is 444 g/mol. The topological polar surface area (TPSA) is 103 Å². The second-order valence-corrected chi connectivity index (χ2v) is 8.60. The number of nitrogens with one attached hydrogen (secondary N) is 1. The van der Waals surface area contributed by atoms with Crippen LogP contribution in [0.3, 0.4) is 0 Å².